The maximum absolute atomic E-state index is 13.6. The Hall–Kier alpha value is -3.98. The van der Waals surface area contributed by atoms with Gasteiger partial charge in [0.05, 0.1) is 5.69 Å². The fourth-order valence-electron chi connectivity index (χ4n) is 3.93. The van der Waals surface area contributed by atoms with Crippen molar-refractivity contribution < 1.29 is 4.79 Å². The van der Waals surface area contributed by atoms with Gasteiger partial charge in [0.15, 0.2) is 0 Å². The minimum absolute atomic E-state index is 0.116. The first-order valence-corrected chi connectivity index (χ1v) is 10.5. The van der Waals surface area contributed by atoms with Gasteiger partial charge in [-0.15, -0.1) is 0 Å². The van der Waals surface area contributed by atoms with Crippen LogP contribution in [-0.2, 0) is 11.2 Å². The van der Waals surface area contributed by atoms with Crippen molar-refractivity contribution >= 4 is 34.3 Å². The van der Waals surface area contributed by atoms with Crippen molar-refractivity contribution in [3.8, 4) is 0 Å². The van der Waals surface area contributed by atoms with Gasteiger partial charge >= 0.3 is 0 Å². The first-order chi connectivity index (χ1) is 15.2. The van der Waals surface area contributed by atoms with Gasteiger partial charge in [-0.2, -0.15) is 0 Å². The van der Waals surface area contributed by atoms with Gasteiger partial charge in [0.2, 0.25) is 0 Å². The van der Waals surface area contributed by atoms with E-state index in [0.29, 0.717) is 11.5 Å². The molecule has 150 valence electrons. The first-order valence-electron chi connectivity index (χ1n) is 10.5. The van der Waals surface area contributed by atoms with Gasteiger partial charge in [0, 0.05) is 10.9 Å². The molecule has 4 aromatic carbocycles. The average molecular weight is 402 g/mol. The second kappa shape index (κ2) is 8.04. The topological polar surface area (TPSA) is 32.7 Å². The molecule has 3 heteroatoms. The summed E-state index contributed by atoms with van der Waals surface area (Å²) in [7, 11) is 0. The van der Waals surface area contributed by atoms with Crippen LogP contribution < -0.4 is 4.90 Å². The van der Waals surface area contributed by atoms with E-state index in [1.165, 1.54) is 5.56 Å². The number of fused-ring (bicyclic) bond motifs is 1. The van der Waals surface area contributed by atoms with Gasteiger partial charge < -0.3 is 0 Å². The molecule has 31 heavy (non-hydrogen) atoms. The summed E-state index contributed by atoms with van der Waals surface area (Å²) in [4.78, 5) is 20.1. The van der Waals surface area contributed by atoms with Crippen LogP contribution in [0.4, 0.5) is 5.69 Å². The molecule has 1 aliphatic rings. The van der Waals surface area contributed by atoms with Crippen molar-refractivity contribution in [2.24, 2.45) is 4.99 Å². The maximum Gasteiger partial charge on any atom is 0.282 e. The molecule has 1 amide bonds. The Bertz CT molecular complexity index is 1310. The third-order valence-electron chi connectivity index (χ3n) is 5.59. The molecule has 0 saturated carbocycles. The number of amidine groups is 1. The smallest absolute Gasteiger partial charge is 0.266 e. The van der Waals surface area contributed by atoms with Gasteiger partial charge in [-0.05, 0) is 35.1 Å². The minimum Gasteiger partial charge on any atom is -0.266 e. The number of aliphatic imine (C=N–C) groups is 1. The zero-order valence-electron chi connectivity index (χ0n) is 17.3. The van der Waals surface area contributed by atoms with Gasteiger partial charge in [0.25, 0.3) is 5.91 Å². The van der Waals surface area contributed by atoms with E-state index in [0.717, 1.165) is 34.0 Å². The number of rotatable bonds is 4. The Morgan fingerprint density at radius 2 is 1.52 bits per heavy atom. The highest BCUT2D eigenvalue weighted by atomic mass is 16.2. The molecule has 0 aliphatic carbocycles. The predicted octanol–water partition coefficient (Wildman–Crippen LogP) is 6.24. The summed E-state index contributed by atoms with van der Waals surface area (Å²) < 4.78 is 0. The van der Waals surface area contributed by atoms with Crippen LogP contribution in [-0.4, -0.2) is 11.7 Å². The largest absolute Gasteiger partial charge is 0.282 e. The molecule has 0 aromatic heterocycles. The number of hydrogen-bond acceptors (Lipinski definition) is 2. The van der Waals surface area contributed by atoms with Crippen molar-refractivity contribution in [1.82, 2.24) is 0 Å². The summed E-state index contributed by atoms with van der Waals surface area (Å²) in [5.74, 6) is 0.535. The molecule has 5 rings (SSSR count). The summed E-state index contributed by atoms with van der Waals surface area (Å²) in [6.07, 6.45) is 2.86. The summed E-state index contributed by atoms with van der Waals surface area (Å²) in [6, 6.07) is 32.3. The molecule has 0 radical (unpaired) electrons. The Morgan fingerprint density at radius 1 is 0.806 bits per heavy atom. The van der Waals surface area contributed by atoms with Crippen LogP contribution in [0.15, 0.2) is 108 Å². The minimum atomic E-state index is -0.116. The van der Waals surface area contributed by atoms with E-state index in [2.05, 4.69) is 31.2 Å². The highest BCUT2D eigenvalue weighted by molar-refractivity contribution is 6.34. The Balaban J connectivity index is 1.65. The number of amides is 1. The van der Waals surface area contributed by atoms with E-state index in [9.17, 15) is 4.79 Å². The third kappa shape index (κ3) is 3.55. The zero-order valence-corrected chi connectivity index (χ0v) is 17.3. The van der Waals surface area contributed by atoms with Crippen LogP contribution >= 0.6 is 0 Å². The molecular weight excluding hydrogens is 380 g/mol. The molecule has 1 heterocycles. The quantitative estimate of drug-likeness (QED) is 0.372. The molecule has 0 unspecified atom stereocenters. The second-order valence-electron chi connectivity index (χ2n) is 7.56. The molecule has 3 nitrogen and oxygen atoms in total. The highest BCUT2D eigenvalue weighted by Crippen LogP contribution is 2.33. The number of benzene rings is 4. The van der Waals surface area contributed by atoms with E-state index in [-0.39, 0.29) is 5.91 Å². The van der Waals surface area contributed by atoms with Crippen LogP contribution in [0.5, 0.6) is 0 Å². The van der Waals surface area contributed by atoms with Crippen LogP contribution in [0.2, 0.25) is 0 Å². The lowest BCUT2D eigenvalue weighted by molar-refractivity contribution is -0.113. The monoisotopic (exact) mass is 402 g/mol. The van der Waals surface area contributed by atoms with E-state index >= 15 is 0 Å². The number of anilines is 1. The molecular formula is C28H22N2O. The maximum atomic E-state index is 13.6. The SMILES string of the molecule is CCc1ccc(C=C2N=C(c3ccccc3)N(c3cccc4ccccc34)C2=O)cc1. The van der Waals surface area contributed by atoms with Gasteiger partial charge in [-0.3, -0.25) is 9.69 Å². The molecule has 4 aromatic rings. The fourth-order valence-corrected chi connectivity index (χ4v) is 3.93. The summed E-state index contributed by atoms with van der Waals surface area (Å²) in [5, 5.41) is 2.11. The Kier molecular flexibility index (Phi) is 4.93. The Labute approximate surface area is 182 Å². The lowest BCUT2D eigenvalue weighted by atomic mass is 10.1. The van der Waals surface area contributed by atoms with Crippen molar-refractivity contribution in [3.05, 3.63) is 119 Å². The lowest BCUT2D eigenvalue weighted by Gasteiger charge is -2.20. The third-order valence-corrected chi connectivity index (χ3v) is 5.59. The molecule has 1 aliphatic heterocycles. The number of nitrogens with zero attached hydrogens (tertiary/aromatic N) is 2. The lowest BCUT2D eigenvalue weighted by Crippen LogP contribution is -2.32. The first kappa shape index (κ1) is 19.0. The number of aryl methyl sites for hydroxylation is 1. The van der Waals surface area contributed by atoms with Gasteiger partial charge in [-0.25, -0.2) is 4.99 Å². The van der Waals surface area contributed by atoms with E-state index in [1.807, 2.05) is 78.9 Å². The van der Waals surface area contributed by atoms with E-state index < -0.39 is 0 Å². The molecule has 0 atom stereocenters. The van der Waals surface area contributed by atoms with Crippen molar-refractivity contribution in [3.63, 3.8) is 0 Å². The number of hydrogen-bond donors (Lipinski definition) is 0. The van der Waals surface area contributed by atoms with Crippen molar-refractivity contribution in [2.45, 2.75) is 13.3 Å². The highest BCUT2D eigenvalue weighted by Gasteiger charge is 2.33. The molecule has 0 saturated heterocycles. The van der Waals surface area contributed by atoms with Crippen LogP contribution in [0.25, 0.3) is 16.8 Å². The molecule has 0 fully saturated rings. The van der Waals surface area contributed by atoms with Crippen LogP contribution in [0.3, 0.4) is 0 Å². The van der Waals surface area contributed by atoms with Gasteiger partial charge in [-0.1, -0.05) is 97.9 Å². The van der Waals surface area contributed by atoms with Gasteiger partial charge in [0.1, 0.15) is 11.5 Å². The fraction of sp³-hybridized carbons (Fsp3) is 0.0714. The van der Waals surface area contributed by atoms with E-state index in [4.69, 9.17) is 4.99 Å². The summed E-state index contributed by atoms with van der Waals surface area (Å²) >= 11 is 0. The number of carbonyl (C=O) groups is 1. The summed E-state index contributed by atoms with van der Waals surface area (Å²) in [5.41, 5.74) is 4.43. The standard InChI is InChI=1S/C28H22N2O/c1-2-20-15-17-21(18-16-20)19-25-28(31)30(27(29-25)23-10-4-3-5-11-23)26-14-8-12-22-9-6-7-13-24(22)26/h3-19H,2H2,1H3. The van der Waals surface area contributed by atoms with Crippen LogP contribution in [0, 0.1) is 0 Å². The second-order valence-corrected chi connectivity index (χ2v) is 7.56. The molecule has 0 spiro atoms. The summed E-state index contributed by atoms with van der Waals surface area (Å²) in [6.45, 7) is 2.13. The average Bonchev–Trinajstić information content (AvgIpc) is 3.15. The predicted molar refractivity (Wildman–Crippen MR) is 128 cm³/mol. The Morgan fingerprint density at radius 3 is 2.29 bits per heavy atom. The van der Waals surface area contributed by atoms with Crippen molar-refractivity contribution in [2.75, 3.05) is 4.90 Å². The van der Waals surface area contributed by atoms with Crippen LogP contribution in [0.1, 0.15) is 23.6 Å². The number of carbonyl (C=O) groups excluding carboxylic acids is 1. The van der Waals surface area contributed by atoms with E-state index in [1.54, 1.807) is 4.90 Å². The normalized spacial score (nSPS) is 15.0. The van der Waals surface area contributed by atoms with Crippen molar-refractivity contribution in [1.29, 1.82) is 0 Å². The molecule has 0 N–H and O–H groups in total. The zero-order chi connectivity index (χ0) is 21.2. The molecule has 0 bridgehead atoms.